The van der Waals surface area contributed by atoms with Crippen LogP contribution in [-0.2, 0) is 16.0 Å². The van der Waals surface area contributed by atoms with Gasteiger partial charge in [0.25, 0.3) is 0 Å². The third-order valence-electron chi connectivity index (χ3n) is 3.00. The van der Waals surface area contributed by atoms with Crippen LogP contribution in [0, 0.1) is 20.8 Å². The van der Waals surface area contributed by atoms with Crippen molar-refractivity contribution in [1.29, 1.82) is 0 Å². The number of aryl methyl sites for hydroxylation is 2. The Morgan fingerprint density at radius 2 is 1.82 bits per heavy atom. The monoisotopic (exact) mass is 233 g/mol. The van der Waals surface area contributed by atoms with Crippen LogP contribution in [0.15, 0.2) is 12.1 Å². The van der Waals surface area contributed by atoms with Crippen molar-refractivity contribution in [3.8, 4) is 0 Å². The van der Waals surface area contributed by atoms with E-state index in [2.05, 4.69) is 38.2 Å². The van der Waals surface area contributed by atoms with E-state index in [4.69, 9.17) is 0 Å². The van der Waals surface area contributed by atoms with E-state index < -0.39 is 6.04 Å². The number of hydrogen-bond donors (Lipinski definition) is 1. The number of nitrogens with one attached hydrogen (secondary N) is 1. The molecule has 0 spiro atoms. The van der Waals surface area contributed by atoms with Crippen molar-refractivity contribution in [3.63, 3.8) is 0 Å². The van der Waals surface area contributed by atoms with Gasteiger partial charge in [0.2, 0.25) is 5.91 Å². The van der Waals surface area contributed by atoms with Crippen LogP contribution in [0.2, 0.25) is 0 Å². The smallest absolute Gasteiger partial charge is 0.217 e. The number of carbonyl (C=O) groups is 2. The van der Waals surface area contributed by atoms with Gasteiger partial charge in [-0.05, 0) is 49.4 Å². The molecule has 17 heavy (non-hydrogen) atoms. The van der Waals surface area contributed by atoms with Crippen LogP contribution in [0.4, 0.5) is 0 Å². The van der Waals surface area contributed by atoms with E-state index in [0.717, 1.165) is 11.8 Å². The lowest BCUT2D eigenvalue weighted by Gasteiger charge is -2.13. The maximum absolute atomic E-state index is 10.9. The van der Waals surface area contributed by atoms with Crippen molar-refractivity contribution < 1.29 is 9.59 Å². The molecular weight excluding hydrogens is 214 g/mol. The molecule has 3 nitrogen and oxygen atoms in total. The van der Waals surface area contributed by atoms with Gasteiger partial charge < -0.3 is 10.1 Å². The van der Waals surface area contributed by atoms with Gasteiger partial charge in [0, 0.05) is 6.92 Å². The summed E-state index contributed by atoms with van der Waals surface area (Å²) in [4.78, 5) is 21.8. The number of hydrogen-bond acceptors (Lipinski definition) is 2. The van der Waals surface area contributed by atoms with Gasteiger partial charge in [-0.1, -0.05) is 12.1 Å². The molecular formula is C14H19NO2. The summed E-state index contributed by atoms with van der Waals surface area (Å²) < 4.78 is 0. The van der Waals surface area contributed by atoms with Crippen molar-refractivity contribution in [2.24, 2.45) is 0 Å². The lowest BCUT2D eigenvalue weighted by molar-refractivity contribution is -0.122. The molecule has 0 radical (unpaired) electrons. The number of aldehydes is 1. The number of rotatable bonds is 4. The van der Waals surface area contributed by atoms with E-state index in [1.165, 1.54) is 23.6 Å². The molecule has 0 heterocycles. The average molecular weight is 233 g/mol. The third-order valence-corrected chi connectivity index (χ3v) is 3.00. The number of carbonyl (C=O) groups excluding carboxylic acids is 2. The zero-order chi connectivity index (χ0) is 13.0. The molecule has 0 unspecified atom stereocenters. The molecule has 3 heteroatoms. The highest BCUT2D eigenvalue weighted by atomic mass is 16.2. The van der Waals surface area contributed by atoms with Crippen LogP contribution in [0.25, 0.3) is 0 Å². The largest absolute Gasteiger partial charge is 0.346 e. The summed E-state index contributed by atoms with van der Waals surface area (Å²) in [5.41, 5.74) is 4.78. The number of benzene rings is 1. The first-order chi connectivity index (χ1) is 7.93. The minimum absolute atomic E-state index is 0.178. The third kappa shape index (κ3) is 3.70. The van der Waals surface area contributed by atoms with E-state index in [1.54, 1.807) is 0 Å². The highest BCUT2D eigenvalue weighted by Crippen LogP contribution is 2.16. The molecule has 0 saturated heterocycles. The Balaban J connectivity index is 2.87. The van der Waals surface area contributed by atoms with E-state index in [0.29, 0.717) is 6.42 Å². The Kier molecular flexibility index (Phi) is 4.44. The molecule has 0 aliphatic heterocycles. The van der Waals surface area contributed by atoms with Gasteiger partial charge in [-0.15, -0.1) is 0 Å². The van der Waals surface area contributed by atoms with Crippen molar-refractivity contribution in [2.75, 3.05) is 0 Å². The van der Waals surface area contributed by atoms with E-state index in [9.17, 15) is 9.59 Å². The highest BCUT2D eigenvalue weighted by molar-refractivity contribution is 5.77. The van der Waals surface area contributed by atoms with Gasteiger partial charge in [0.1, 0.15) is 6.29 Å². The Morgan fingerprint density at radius 3 is 2.24 bits per heavy atom. The quantitative estimate of drug-likeness (QED) is 0.807. The topological polar surface area (TPSA) is 46.2 Å². The molecule has 0 aliphatic carbocycles. The van der Waals surface area contributed by atoms with Gasteiger partial charge >= 0.3 is 0 Å². The predicted molar refractivity (Wildman–Crippen MR) is 68.0 cm³/mol. The molecule has 1 aromatic carbocycles. The molecule has 0 aromatic heterocycles. The first-order valence-electron chi connectivity index (χ1n) is 5.73. The van der Waals surface area contributed by atoms with Crippen molar-refractivity contribution in [3.05, 3.63) is 34.4 Å². The minimum Gasteiger partial charge on any atom is -0.346 e. The maximum atomic E-state index is 10.9. The first kappa shape index (κ1) is 13.4. The molecule has 0 bridgehead atoms. The minimum atomic E-state index is -0.436. The second kappa shape index (κ2) is 5.62. The zero-order valence-electron chi connectivity index (χ0n) is 10.8. The Morgan fingerprint density at radius 1 is 1.29 bits per heavy atom. The van der Waals surface area contributed by atoms with Gasteiger partial charge in [0.15, 0.2) is 0 Å². The summed E-state index contributed by atoms with van der Waals surface area (Å²) in [6.07, 6.45) is 1.33. The van der Waals surface area contributed by atoms with Crippen LogP contribution in [-0.4, -0.2) is 18.2 Å². The molecule has 0 aliphatic rings. The summed E-state index contributed by atoms with van der Waals surface area (Å²) in [5.74, 6) is -0.178. The van der Waals surface area contributed by atoms with Crippen LogP contribution >= 0.6 is 0 Å². The lowest BCUT2D eigenvalue weighted by Crippen LogP contribution is -2.36. The molecule has 92 valence electrons. The van der Waals surface area contributed by atoms with E-state index in [-0.39, 0.29) is 5.91 Å². The molecule has 1 aromatic rings. The van der Waals surface area contributed by atoms with Gasteiger partial charge in [-0.3, -0.25) is 4.79 Å². The zero-order valence-corrected chi connectivity index (χ0v) is 10.8. The number of amides is 1. The standard InChI is InChI=1S/C14H19NO2/c1-9-5-13(6-10(2)11(9)3)7-14(8-16)15-12(4)17/h5-6,8,14H,7H2,1-4H3,(H,15,17)/t14-/m1/s1. The van der Waals surface area contributed by atoms with E-state index >= 15 is 0 Å². The predicted octanol–water partition coefficient (Wildman–Crippen LogP) is 1.86. The summed E-state index contributed by atoms with van der Waals surface area (Å²) >= 11 is 0. The fraction of sp³-hybridized carbons (Fsp3) is 0.429. The molecule has 0 saturated carbocycles. The van der Waals surface area contributed by atoms with Crippen molar-refractivity contribution >= 4 is 12.2 Å². The van der Waals surface area contributed by atoms with Crippen LogP contribution < -0.4 is 5.32 Å². The van der Waals surface area contributed by atoms with Crippen LogP contribution in [0.1, 0.15) is 29.2 Å². The van der Waals surface area contributed by atoms with Gasteiger partial charge in [-0.2, -0.15) is 0 Å². The average Bonchev–Trinajstić information content (AvgIpc) is 2.24. The van der Waals surface area contributed by atoms with E-state index in [1.807, 2.05) is 0 Å². The van der Waals surface area contributed by atoms with Gasteiger partial charge in [-0.25, -0.2) is 0 Å². The summed E-state index contributed by atoms with van der Waals surface area (Å²) in [6.45, 7) is 7.61. The SMILES string of the molecule is CC(=O)N[C@@H](C=O)Cc1cc(C)c(C)c(C)c1. The van der Waals surface area contributed by atoms with Crippen molar-refractivity contribution in [1.82, 2.24) is 5.32 Å². The summed E-state index contributed by atoms with van der Waals surface area (Å²) in [5, 5.41) is 2.62. The Hall–Kier alpha value is -1.64. The molecule has 1 amide bonds. The summed E-state index contributed by atoms with van der Waals surface area (Å²) in [7, 11) is 0. The lowest BCUT2D eigenvalue weighted by atomic mass is 9.97. The Bertz CT molecular complexity index is 415. The fourth-order valence-electron chi connectivity index (χ4n) is 1.89. The second-order valence-electron chi connectivity index (χ2n) is 4.50. The highest BCUT2D eigenvalue weighted by Gasteiger charge is 2.10. The second-order valence-corrected chi connectivity index (χ2v) is 4.50. The molecule has 1 N–H and O–H groups in total. The van der Waals surface area contributed by atoms with Gasteiger partial charge in [0.05, 0.1) is 6.04 Å². The maximum Gasteiger partial charge on any atom is 0.217 e. The normalized spacial score (nSPS) is 12.0. The van der Waals surface area contributed by atoms with Crippen molar-refractivity contribution in [2.45, 2.75) is 40.2 Å². The van der Waals surface area contributed by atoms with Crippen LogP contribution in [0.3, 0.4) is 0 Å². The molecule has 1 atom stereocenters. The molecule has 1 rings (SSSR count). The Labute approximate surface area is 102 Å². The van der Waals surface area contributed by atoms with Crippen LogP contribution in [0.5, 0.6) is 0 Å². The first-order valence-corrected chi connectivity index (χ1v) is 5.73. The molecule has 0 fully saturated rings. The fourth-order valence-corrected chi connectivity index (χ4v) is 1.89. The summed E-state index contributed by atoms with van der Waals surface area (Å²) in [6, 6.07) is 3.70.